The Kier molecular flexibility index (Phi) is 3.01. The largest absolute Gasteiger partial charge is 0.465 e. The van der Waals surface area contributed by atoms with Gasteiger partial charge >= 0.3 is 5.97 Å². The molecule has 0 amide bonds. The average molecular weight is 195 g/mol. The van der Waals surface area contributed by atoms with Crippen LogP contribution in [-0.4, -0.2) is 29.1 Å². The molecule has 1 rings (SSSR count). The van der Waals surface area contributed by atoms with Crippen LogP contribution in [0.3, 0.4) is 0 Å². The Hall–Kier alpha value is -2.11. The molecule has 3 N–H and O–H groups in total. The minimum Gasteiger partial charge on any atom is -0.465 e. The van der Waals surface area contributed by atoms with E-state index in [2.05, 4.69) is 14.9 Å². The number of nitrogens with zero attached hydrogens (tertiary/aromatic N) is 2. The average Bonchev–Trinajstić information content (AvgIpc) is 2.27. The maximum atomic E-state index is 11.1. The molecule has 6 nitrogen and oxygen atoms in total. The standard InChI is InChI=1S/C8H9N3O3/c1-14-8(12)5-2-3-10-6(4-5)7(9)11-13/h2-4,13H,1H3,(H2,9,11). The highest BCUT2D eigenvalue weighted by Crippen LogP contribution is 2.03. The van der Waals surface area contributed by atoms with Gasteiger partial charge in [0.05, 0.1) is 12.7 Å². The fourth-order valence-corrected chi connectivity index (χ4v) is 0.867. The highest BCUT2D eigenvalue weighted by atomic mass is 16.5. The Balaban J connectivity index is 3.07. The Morgan fingerprint density at radius 2 is 2.43 bits per heavy atom. The third-order valence-corrected chi connectivity index (χ3v) is 1.55. The van der Waals surface area contributed by atoms with Crippen molar-refractivity contribution in [2.24, 2.45) is 10.9 Å². The minimum absolute atomic E-state index is 0.157. The van der Waals surface area contributed by atoms with Gasteiger partial charge in [-0.3, -0.25) is 4.98 Å². The molecule has 0 aliphatic rings. The number of nitrogens with two attached hydrogens (primary N) is 1. The summed E-state index contributed by atoms with van der Waals surface area (Å²) in [5.74, 6) is -0.657. The topological polar surface area (TPSA) is 97.8 Å². The molecule has 14 heavy (non-hydrogen) atoms. The van der Waals surface area contributed by atoms with Crippen molar-refractivity contribution in [2.45, 2.75) is 0 Å². The molecular weight excluding hydrogens is 186 g/mol. The minimum atomic E-state index is -0.501. The molecule has 1 aromatic heterocycles. The van der Waals surface area contributed by atoms with E-state index in [-0.39, 0.29) is 11.5 Å². The molecule has 0 saturated heterocycles. The Morgan fingerprint density at radius 1 is 1.71 bits per heavy atom. The van der Waals surface area contributed by atoms with Crippen LogP contribution >= 0.6 is 0 Å². The second-order valence-electron chi connectivity index (χ2n) is 2.41. The summed E-state index contributed by atoms with van der Waals surface area (Å²) in [6.45, 7) is 0. The first-order chi connectivity index (χ1) is 6.69. The molecule has 0 atom stereocenters. The van der Waals surface area contributed by atoms with Crippen LogP contribution in [0.25, 0.3) is 0 Å². The van der Waals surface area contributed by atoms with E-state index in [0.717, 1.165) is 0 Å². The highest BCUT2D eigenvalue weighted by Gasteiger charge is 2.08. The van der Waals surface area contributed by atoms with E-state index in [1.807, 2.05) is 0 Å². The third-order valence-electron chi connectivity index (χ3n) is 1.55. The first-order valence-corrected chi connectivity index (χ1v) is 3.71. The van der Waals surface area contributed by atoms with Crippen LogP contribution in [0.15, 0.2) is 23.5 Å². The molecular formula is C8H9N3O3. The van der Waals surface area contributed by atoms with Crippen LogP contribution in [0.1, 0.15) is 16.1 Å². The summed E-state index contributed by atoms with van der Waals surface area (Å²) in [5.41, 5.74) is 5.80. The summed E-state index contributed by atoms with van der Waals surface area (Å²) in [6, 6.07) is 2.85. The van der Waals surface area contributed by atoms with Gasteiger partial charge in [-0.2, -0.15) is 0 Å². The summed E-state index contributed by atoms with van der Waals surface area (Å²) in [4.78, 5) is 14.9. The summed E-state index contributed by atoms with van der Waals surface area (Å²) in [6.07, 6.45) is 1.37. The van der Waals surface area contributed by atoms with Gasteiger partial charge in [0.15, 0.2) is 5.84 Å². The first kappa shape index (κ1) is 9.97. The van der Waals surface area contributed by atoms with Crippen molar-refractivity contribution in [3.05, 3.63) is 29.6 Å². The zero-order chi connectivity index (χ0) is 10.6. The number of rotatable bonds is 2. The number of aromatic nitrogens is 1. The Labute approximate surface area is 80.0 Å². The van der Waals surface area contributed by atoms with E-state index in [1.165, 1.54) is 25.4 Å². The van der Waals surface area contributed by atoms with Gasteiger partial charge in [-0.05, 0) is 12.1 Å². The predicted molar refractivity (Wildman–Crippen MR) is 48.1 cm³/mol. The number of carbonyl (C=O) groups is 1. The molecule has 0 aliphatic carbocycles. The van der Waals surface area contributed by atoms with Gasteiger partial charge in [0.2, 0.25) is 0 Å². The molecule has 1 aromatic rings. The first-order valence-electron chi connectivity index (χ1n) is 3.71. The van der Waals surface area contributed by atoms with E-state index < -0.39 is 5.97 Å². The van der Waals surface area contributed by atoms with Gasteiger partial charge in [0.1, 0.15) is 5.69 Å². The number of amidine groups is 1. The van der Waals surface area contributed by atoms with Crippen molar-refractivity contribution in [1.29, 1.82) is 0 Å². The number of oxime groups is 1. The molecule has 0 spiro atoms. The number of hydrogen-bond donors (Lipinski definition) is 2. The van der Waals surface area contributed by atoms with Crippen LogP contribution in [-0.2, 0) is 4.74 Å². The number of methoxy groups -OCH3 is 1. The number of pyridine rings is 1. The molecule has 0 radical (unpaired) electrons. The van der Waals surface area contributed by atoms with Gasteiger partial charge < -0.3 is 15.7 Å². The van der Waals surface area contributed by atoms with E-state index in [0.29, 0.717) is 5.56 Å². The van der Waals surface area contributed by atoms with E-state index in [9.17, 15) is 4.79 Å². The van der Waals surface area contributed by atoms with Gasteiger partial charge in [-0.25, -0.2) is 4.79 Å². The summed E-state index contributed by atoms with van der Waals surface area (Å²) >= 11 is 0. The van der Waals surface area contributed by atoms with E-state index >= 15 is 0 Å². The Morgan fingerprint density at radius 3 is 3.00 bits per heavy atom. The van der Waals surface area contributed by atoms with Crippen molar-refractivity contribution < 1.29 is 14.7 Å². The van der Waals surface area contributed by atoms with Gasteiger partial charge in [-0.1, -0.05) is 5.16 Å². The lowest BCUT2D eigenvalue weighted by Crippen LogP contribution is -2.16. The second-order valence-corrected chi connectivity index (χ2v) is 2.41. The van der Waals surface area contributed by atoms with Crippen molar-refractivity contribution in [3.63, 3.8) is 0 Å². The maximum absolute atomic E-state index is 11.1. The highest BCUT2D eigenvalue weighted by molar-refractivity contribution is 5.98. The summed E-state index contributed by atoms with van der Waals surface area (Å²) in [5, 5.41) is 11.1. The Bertz CT molecular complexity index is 376. The second kappa shape index (κ2) is 4.22. The van der Waals surface area contributed by atoms with Gasteiger partial charge in [-0.15, -0.1) is 0 Å². The van der Waals surface area contributed by atoms with Crippen molar-refractivity contribution in [3.8, 4) is 0 Å². The number of esters is 1. The quantitative estimate of drug-likeness (QED) is 0.227. The SMILES string of the molecule is COC(=O)c1ccnc(/C(N)=N/O)c1. The molecule has 1 heterocycles. The zero-order valence-corrected chi connectivity index (χ0v) is 7.47. The van der Waals surface area contributed by atoms with E-state index in [1.54, 1.807) is 0 Å². The lowest BCUT2D eigenvalue weighted by Gasteiger charge is -2.00. The molecule has 0 bridgehead atoms. The fourth-order valence-electron chi connectivity index (χ4n) is 0.867. The smallest absolute Gasteiger partial charge is 0.337 e. The van der Waals surface area contributed by atoms with Crippen LogP contribution in [0, 0.1) is 0 Å². The van der Waals surface area contributed by atoms with Crippen LogP contribution in [0.5, 0.6) is 0 Å². The third kappa shape index (κ3) is 1.98. The molecule has 6 heteroatoms. The van der Waals surface area contributed by atoms with Crippen LogP contribution < -0.4 is 5.73 Å². The molecule has 74 valence electrons. The van der Waals surface area contributed by atoms with Crippen molar-refractivity contribution in [1.82, 2.24) is 4.98 Å². The summed E-state index contributed by atoms with van der Waals surface area (Å²) < 4.78 is 4.49. The number of ether oxygens (including phenoxy) is 1. The predicted octanol–water partition coefficient (Wildman–Crippen LogP) is -0.0373. The molecule has 0 aromatic carbocycles. The maximum Gasteiger partial charge on any atom is 0.337 e. The lowest BCUT2D eigenvalue weighted by molar-refractivity contribution is 0.0600. The van der Waals surface area contributed by atoms with Crippen LogP contribution in [0.4, 0.5) is 0 Å². The van der Waals surface area contributed by atoms with E-state index in [4.69, 9.17) is 10.9 Å². The van der Waals surface area contributed by atoms with Gasteiger partial charge in [0.25, 0.3) is 0 Å². The van der Waals surface area contributed by atoms with Crippen molar-refractivity contribution in [2.75, 3.05) is 7.11 Å². The van der Waals surface area contributed by atoms with Crippen molar-refractivity contribution >= 4 is 11.8 Å². The number of carbonyl (C=O) groups excluding carboxylic acids is 1. The molecule has 0 unspecified atom stereocenters. The lowest BCUT2D eigenvalue weighted by atomic mass is 10.2. The normalized spacial score (nSPS) is 11.1. The van der Waals surface area contributed by atoms with Crippen LogP contribution in [0.2, 0.25) is 0 Å². The molecule has 0 fully saturated rings. The summed E-state index contributed by atoms with van der Waals surface area (Å²) in [7, 11) is 1.27. The zero-order valence-electron chi connectivity index (χ0n) is 7.47. The monoisotopic (exact) mass is 195 g/mol. The number of hydrogen-bond acceptors (Lipinski definition) is 5. The fraction of sp³-hybridized carbons (Fsp3) is 0.125. The molecule has 0 saturated carbocycles. The molecule has 0 aliphatic heterocycles. The van der Waals surface area contributed by atoms with Gasteiger partial charge in [0, 0.05) is 6.20 Å².